The molecule has 0 saturated heterocycles. The minimum atomic E-state index is -2.71. The zero-order valence-corrected chi connectivity index (χ0v) is 15.6. The van der Waals surface area contributed by atoms with E-state index in [1.165, 1.54) is 18.2 Å². The number of ether oxygens (including phenoxy) is 1. The first-order valence-corrected chi connectivity index (χ1v) is 8.99. The summed E-state index contributed by atoms with van der Waals surface area (Å²) in [4.78, 5) is 19.0. The fourth-order valence-corrected chi connectivity index (χ4v) is 2.95. The predicted octanol–water partition coefficient (Wildman–Crippen LogP) is 6.20. The molecule has 1 aromatic heterocycles. The second-order valence-corrected chi connectivity index (χ2v) is 6.54. The molecule has 0 unspecified atom stereocenters. The number of para-hydroxylation sites is 3. The summed E-state index contributed by atoms with van der Waals surface area (Å²) >= 11 is 6.13. The van der Waals surface area contributed by atoms with Gasteiger partial charge in [-0.1, -0.05) is 35.9 Å². The van der Waals surface area contributed by atoms with Crippen molar-refractivity contribution in [2.45, 2.75) is 6.43 Å². The van der Waals surface area contributed by atoms with Crippen LogP contribution in [0.1, 0.15) is 22.6 Å². The third kappa shape index (κ3) is 4.05. The zero-order valence-electron chi connectivity index (χ0n) is 14.8. The van der Waals surface area contributed by atoms with E-state index in [-0.39, 0.29) is 5.56 Å². The van der Waals surface area contributed by atoms with Crippen molar-refractivity contribution < 1.29 is 18.3 Å². The summed E-state index contributed by atoms with van der Waals surface area (Å²) in [5.74, 6) is 0.0113. The lowest BCUT2D eigenvalue weighted by Crippen LogP contribution is -2.12. The van der Waals surface area contributed by atoms with Crippen LogP contribution in [-0.4, -0.2) is 15.9 Å². The number of amides is 1. The standard InChI is InChI=1S/C21H14ClF2N3O2/c22-13-5-1-3-7-17(13)29-18-8-4-2-6-15(18)27-21(28)12-9-10-14-16(11-12)26-20(25-14)19(23)24/h1-11,19H,(H,25,26)(H,27,28). The third-order valence-corrected chi connectivity index (χ3v) is 4.47. The number of hydrogen-bond donors (Lipinski definition) is 2. The van der Waals surface area contributed by atoms with Crippen LogP contribution in [0.15, 0.2) is 66.7 Å². The number of nitrogens with zero attached hydrogens (tertiary/aromatic N) is 1. The van der Waals surface area contributed by atoms with E-state index in [9.17, 15) is 13.6 Å². The Morgan fingerprint density at radius 3 is 2.52 bits per heavy atom. The normalized spacial score (nSPS) is 11.0. The van der Waals surface area contributed by atoms with Crippen molar-refractivity contribution in [3.63, 3.8) is 0 Å². The number of aromatic amines is 1. The zero-order chi connectivity index (χ0) is 20.4. The summed E-state index contributed by atoms with van der Waals surface area (Å²) in [5, 5.41) is 3.21. The van der Waals surface area contributed by atoms with Gasteiger partial charge in [0.05, 0.1) is 21.7 Å². The van der Waals surface area contributed by atoms with Gasteiger partial charge < -0.3 is 15.0 Å². The number of rotatable bonds is 5. The van der Waals surface area contributed by atoms with Crippen molar-refractivity contribution in [3.05, 3.63) is 83.1 Å². The molecule has 5 nitrogen and oxygen atoms in total. The molecule has 8 heteroatoms. The van der Waals surface area contributed by atoms with E-state index in [2.05, 4.69) is 15.3 Å². The molecular formula is C21H14ClF2N3O2. The molecule has 2 N–H and O–H groups in total. The summed E-state index contributed by atoms with van der Waals surface area (Å²) in [7, 11) is 0. The first-order valence-electron chi connectivity index (χ1n) is 8.62. The number of alkyl halides is 2. The van der Waals surface area contributed by atoms with E-state index in [0.717, 1.165) is 0 Å². The molecule has 4 rings (SSSR count). The highest BCUT2D eigenvalue weighted by Crippen LogP contribution is 2.33. The SMILES string of the molecule is O=C(Nc1ccccc1Oc1ccccc1Cl)c1ccc2nc(C(F)F)[nH]c2c1. The first kappa shape index (κ1) is 18.9. The number of carbonyl (C=O) groups is 1. The number of nitrogens with one attached hydrogen (secondary N) is 2. The van der Waals surface area contributed by atoms with Crippen LogP contribution in [0.3, 0.4) is 0 Å². The van der Waals surface area contributed by atoms with Gasteiger partial charge >= 0.3 is 0 Å². The number of H-pyrrole nitrogens is 1. The molecule has 0 bridgehead atoms. The summed E-state index contributed by atoms with van der Waals surface area (Å²) in [5.41, 5.74) is 1.44. The second-order valence-electron chi connectivity index (χ2n) is 6.14. The van der Waals surface area contributed by atoms with E-state index in [0.29, 0.717) is 33.2 Å². The molecule has 0 radical (unpaired) electrons. The van der Waals surface area contributed by atoms with Crippen LogP contribution in [0, 0.1) is 0 Å². The molecule has 1 amide bonds. The number of benzene rings is 3. The number of fused-ring (bicyclic) bond motifs is 1. The predicted molar refractivity (Wildman–Crippen MR) is 107 cm³/mol. The molecular weight excluding hydrogens is 400 g/mol. The second kappa shape index (κ2) is 7.89. The Bertz CT molecular complexity index is 1190. The van der Waals surface area contributed by atoms with Gasteiger partial charge in [0, 0.05) is 5.56 Å². The van der Waals surface area contributed by atoms with Gasteiger partial charge in [0.1, 0.15) is 5.75 Å². The highest BCUT2D eigenvalue weighted by Gasteiger charge is 2.15. The average molecular weight is 414 g/mol. The maximum Gasteiger partial charge on any atom is 0.295 e. The fraction of sp³-hybridized carbons (Fsp3) is 0.0476. The lowest BCUT2D eigenvalue weighted by Gasteiger charge is -2.13. The topological polar surface area (TPSA) is 67.0 Å². The Labute approximate surface area is 169 Å². The van der Waals surface area contributed by atoms with E-state index in [1.54, 1.807) is 48.5 Å². The molecule has 0 spiro atoms. The van der Waals surface area contributed by atoms with E-state index in [4.69, 9.17) is 16.3 Å². The Morgan fingerprint density at radius 1 is 1.03 bits per heavy atom. The molecule has 0 saturated carbocycles. The number of halogens is 3. The van der Waals surface area contributed by atoms with E-state index >= 15 is 0 Å². The molecule has 4 aromatic rings. The Kier molecular flexibility index (Phi) is 5.14. The van der Waals surface area contributed by atoms with Gasteiger partial charge in [0.25, 0.3) is 12.3 Å². The minimum absolute atomic E-state index is 0.287. The van der Waals surface area contributed by atoms with Crippen LogP contribution in [0.2, 0.25) is 5.02 Å². The number of carbonyl (C=O) groups excluding carboxylic acids is 1. The molecule has 0 aliphatic carbocycles. The summed E-state index contributed by atoms with van der Waals surface area (Å²) in [6.07, 6.45) is -2.71. The maximum absolute atomic E-state index is 12.8. The molecule has 0 aliphatic rings. The largest absolute Gasteiger partial charge is 0.454 e. The van der Waals surface area contributed by atoms with Gasteiger partial charge in [0.2, 0.25) is 0 Å². The molecule has 0 aliphatic heterocycles. The van der Waals surface area contributed by atoms with Gasteiger partial charge in [-0.3, -0.25) is 4.79 Å². The summed E-state index contributed by atoms with van der Waals surface area (Å²) in [6.45, 7) is 0. The smallest absolute Gasteiger partial charge is 0.295 e. The highest BCUT2D eigenvalue weighted by atomic mass is 35.5. The Balaban J connectivity index is 1.59. The Morgan fingerprint density at radius 2 is 1.76 bits per heavy atom. The molecule has 1 heterocycles. The number of imidazole rings is 1. The van der Waals surface area contributed by atoms with Crippen LogP contribution in [0.25, 0.3) is 11.0 Å². The van der Waals surface area contributed by atoms with Crippen molar-refractivity contribution in [2.75, 3.05) is 5.32 Å². The molecule has 3 aromatic carbocycles. The van der Waals surface area contributed by atoms with Crippen molar-refractivity contribution in [1.82, 2.24) is 9.97 Å². The van der Waals surface area contributed by atoms with Gasteiger partial charge in [-0.2, -0.15) is 0 Å². The van der Waals surface area contributed by atoms with Crippen LogP contribution in [-0.2, 0) is 0 Å². The monoisotopic (exact) mass is 413 g/mol. The van der Waals surface area contributed by atoms with Gasteiger partial charge in [-0.15, -0.1) is 0 Å². The molecule has 29 heavy (non-hydrogen) atoms. The lowest BCUT2D eigenvalue weighted by atomic mass is 10.2. The highest BCUT2D eigenvalue weighted by molar-refractivity contribution is 6.32. The number of anilines is 1. The van der Waals surface area contributed by atoms with Crippen molar-refractivity contribution in [2.24, 2.45) is 0 Å². The summed E-state index contributed by atoms with van der Waals surface area (Å²) < 4.78 is 31.4. The van der Waals surface area contributed by atoms with Gasteiger partial charge in [-0.25, -0.2) is 13.8 Å². The molecule has 0 fully saturated rings. The fourth-order valence-electron chi connectivity index (χ4n) is 2.77. The van der Waals surface area contributed by atoms with Crippen molar-refractivity contribution in [1.29, 1.82) is 0 Å². The summed E-state index contributed by atoms with van der Waals surface area (Å²) in [6, 6.07) is 18.4. The van der Waals surface area contributed by atoms with Crippen LogP contribution in [0.5, 0.6) is 11.5 Å². The van der Waals surface area contributed by atoms with E-state index < -0.39 is 18.2 Å². The molecule has 0 atom stereocenters. The maximum atomic E-state index is 12.8. The minimum Gasteiger partial charge on any atom is -0.454 e. The third-order valence-electron chi connectivity index (χ3n) is 4.16. The Hall–Kier alpha value is -3.45. The average Bonchev–Trinajstić information content (AvgIpc) is 3.15. The van der Waals surface area contributed by atoms with Crippen LogP contribution in [0.4, 0.5) is 14.5 Å². The van der Waals surface area contributed by atoms with Crippen LogP contribution >= 0.6 is 11.6 Å². The van der Waals surface area contributed by atoms with Crippen molar-refractivity contribution >= 4 is 34.2 Å². The lowest BCUT2D eigenvalue weighted by molar-refractivity contribution is 0.102. The first-order chi connectivity index (χ1) is 14.0. The number of hydrogen-bond acceptors (Lipinski definition) is 3. The van der Waals surface area contributed by atoms with Crippen LogP contribution < -0.4 is 10.1 Å². The number of aromatic nitrogens is 2. The van der Waals surface area contributed by atoms with Gasteiger partial charge in [-0.05, 0) is 42.5 Å². The van der Waals surface area contributed by atoms with Gasteiger partial charge in [0.15, 0.2) is 11.6 Å². The van der Waals surface area contributed by atoms with E-state index in [1.807, 2.05) is 0 Å². The quantitative estimate of drug-likeness (QED) is 0.409. The molecule has 146 valence electrons. The van der Waals surface area contributed by atoms with Crippen molar-refractivity contribution in [3.8, 4) is 11.5 Å².